The Bertz CT molecular complexity index is 469. The SMILES string of the molecule is CCOC(=O)C1(Nc2ccccc2Cl)CSC(C)C1. The number of esters is 1. The lowest BCUT2D eigenvalue weighted by atomic mass is 9.95. The van der Waals surface area contributed by atoms with E-state index in [0.717, 1.165) is 12.1 Å². The maximum atomic E-state index is 12.3. The van der Waals surface area contributed by atoms with Crippen molar-refractivity contribution in [3.05, 3.63) is 29.3 Å². The van der Waals surface area contributed by atoms with E-state index in [2.05, 4.69) is 12.2 Å². The maximum Gasteiger partial charge on any atom is 0.332 e. The third-order valence-corrected chi connectivity index (χ3v) is 4.89. The summed E-state index contributed by atoms with van der Waals surface area (Å²) in [6.45, 7) is 4.34. The molecule has 1 heterocycles. The van der Waals surface area contributed by atoms with Crippen LogP contribution in [0.3, 0.4) is 0 Å². The first-order valence-corrected chi connectivity index (χ1v) is 7.81. The lowest BCUT2D eigenvalue weighted by Crippen LogP contribution is -2.48. The van der Waals surface area contributed by atoms with Gasteiger partial charge in [-0.15, -0.1) is 0 Å². The van der Waals surface area contributed by atoms with E-state index in [-0.39, 0.29) is 5.97 Å². The van der Waals surface area contributed by atoms with E-state index in [1.807, 2.05) is 31.2 Å². The molecule has 1 N–H and O–H groups in total. The van der Waals surface area contributed by atoms with Crippen LogP contribution in [0.15, 0.2) is 24.3 Å². The van der Waals surface area contributed by atoms with E-state index in [0.29, 0.717) is 22.6 Å². The summed E-state index contributed by atoms with van der Waals surface area (Å²) in [5, 5.41) is 4.36. The Labute approximate surface area is 123 Å². The highest BCUT2D eigenvalue weighted by atomic mass is 35.5. The second-order valence-corrected chi connectivity index (χ2v) is 6.57. The molecular weight excluding hydrogens is 282 g/mol. The van der Waals surface area contributed by atoms with Gasteiger partial charge in [0.2, 0.25) is 0 Å². The van der Waals surface area contributed by atoms with Crippen molar-refractivity contribution in [2.45, 2.75) is 31.1 Å². The molecule has 3 nitrogen and oxygen atoms in total. The van der Waals surface area contributed by atoms with Crippen molar-refractivity contribution in [2.24, 2.45) is 0 Å². The number of anilines is 1. The number of para-hydroxylation sites is 1. The molecule has 1 aliphatic heterocycles. The van der Waals surface area contributed by atoms with Gasteiger partial charge in [-0.1, -0.05) is 30.7 Å². The number of carbonyl (C=O) groups is 1. The highest BCUT2D eigenvalue weighted by Crippen LogP contribution is 2.39. The lowest BCUT2D eigenvalue weighted by molar-refractivity contribution is -0.147. The van der Waals surface area contributed by atoms with Crippen LogP contribution in [0.2, 0.25) is 5.02 Å². The smallest absolute Gasteiger partial charge is 0.332 e. The molecule has 1 fully saturated rings. The van der Waals surface area contributed by atoms with Crippen molar-refractivity contribution in [2.75, 3.05) is 17.7 Å². The molecule has 0 spiro atoms. The minimum Gasteiger partial charge on any atom is -0.464 e. The van der Waals surface area contributed by atoms with Crippen LogP contribution in [0.25, 0.3) is 0 Å². The first-order chi connectivity index (χ1) is 9.07. The first kappa shape index (κ1) is 14.5. The van der Waals surface area contributed by atoms with Gasteiger partial charge in [0.25, 0.3) is 0 Å². The van der Waals surface area contributed by atoms with Crippen LogP contribution in [-0.4, -0.2) is 29.1 Å². The Balaban J connectivity index is 2.24. The molecule has 2 rings (SSSR count). The Hall–Kier alpha value is -0.870. The zero-order valence-electron chi connectivity index (χ0n) is 11.1. The van der Waals surface area contributed by atoms with Gasteiger partial charge in [0.1, 0.15) is 5.54 Å². The topological polar surface area (TPSA) is 38.3 Å². The molecule has 2 unspecified atom stereocenters. The molecule has 0 aliphatic carbocycles. The molecule has 19 heavy (non-hydrogen) atoms. The average Bonchev–Trinajstić information content (AvgIpc) is 2.75. The van der Waals surface area contributed by atoms with Crippen LogP contribution in [0.4, 0.5) is 5.69 Å². The van der Waals surface area contributed by atoms with Crippen LogP contribution in [-0.2, 0) is 9.53 Å². The first-order valence-electron chi connectivity index (χ1n) is 6.39. The Morgan fingerprint density at radius 1 is 1.58 bits per heavy atom. The van der Waals surface area contributed by atoms with Gasteiger partial charge in [-0.2, -0.15) is 11.8 Å². The van der Waals surface area contributed by atoms with Crippen LogP contribution in [0.1, 0.15) is 20.3 Å². The zero-order chi connectivity index (χ0) is 13.9. The van der Waals surface area contributed by atoms with Crippen molar-refractivity contribution in [1.82, 2.24) is 0 Å². The summed E-state index contributed by atoms with van der Waals surface area (Å²) < 4.78 is 5.23. The number of benzene rings is 1. The van der Waals surface area contributed by atoms with Crippen molar-refractivity contribution in [3.8, 4) is 0 Å². The number of carbonyl (C=O) groups excluding carboxylic acids is 1. The van der Waals surface area contributed by atoms with Gasteiger partial charge in [-0.3, -0.25) is 0 Å². The van der Waals surface area contributed by atoms with Crippen molar-refractivity contribution in [1.29, 1.82) is 0 Å². The third-order valence-electron chi connectivity index (χ3n) is 3.16. The van der Waals surface area contributed by atoms with Crippen molar-refractivity contribution < 1.29 is 9.53 Å². The van der Waals surface area contributed by atoms with E-state index in [4.69, 9.17) is 16.3 Å². The largest absolute Gasteiger partial charge is 0.464 e. The monoisotopic (exact) mass is 299 g/mol. The van der Waals surface area contributed by atoms with Gasteiger partial charge in [-0.25, -0.2) is 4.79 Å². The Morgan fingerprint density at radius 2 is 2.32 bits per heavy atom. The fourth-order valence-corrected chi connectivity index (χ4v) is 3.73. The molecule has 0 bridgehead atoms. The van der Waals surface area contributed by atoms with Crippen LogP contribution < -0.4 is 5.32 Å². The molecule has 1 saturated heterocycles. The second kappa shape index (κ2) is 6.06. The number of rotatable bonds is 4. The molecule has 104 valence electrons. The van der Waals surface area contributed by atoms with Gasteiger partial charge in [0.15, 0.2) is 0 Å². The summed E-state index contributed by atoms with van der Waals surface area (Å²) in [6.07, 6.45) is 0.752. The Kier molecular flexibility index (Phi) is 4.63. The number of hydrogen-bond acceptors (Lipinski definition) is 4. The van der Waals surface area contributed by atoms with E-state index < -0.39 is 5.54 Å². The van der Waals surface area contributed by atoms with Gasteiger partial charge in [0, 0.05) is 11.0 Å². The summed E-state index contributed by atoms with van der Waals surface area (Å²) in [4.78, 5) is 12.3. The number of thioether (sulfide) groups is 1. The molecule has 0 radical (unpaired) electrons. The maximum absolute atomic E-state index is 12.3. The second-order valence-electron chi connectivity index (χ2n) is 4.73. The predicted octanol–water partition coefficient (Wildman–Crippen LogP) is 3.58. The molecule has 1 aromatic rings. The van der Waals surface area contributed by atoms with Gasteiger partial charge in [0.05, 0.1) is 17.3 Å². The fraction of sp³-hybridized carbons (Fsp3) is 0.500. The quantitative estimate of drug-likeness (QED) is 0.863. The summed E-state index contributed by atoms with van der Waals surface area (Å²) in [5.74, 6) is 0.518. The van der Waals surface area contributed by atoms with Crippen LogP contribution in [0, 0.1) is 0 Å². The minimum atomic E-state index is -0.662. The summed E-state index contributed by atoms with van der Waals surface area (Å²) in [5.41, 5.74) is 0.123. The van der Waals surface area contributed by atoms with E-state index in [1.54, 1.807) is 11.8 Å². The molecule has 0 saturated carbocycles. The summed E-state index contributed by atoms with van der Waals surface area (Å²) >= 11 is 7.94. The number of nitrogens with one attached hydrogen (secondary N) is 1. The molecular formula is C14H18ClNO2S. The van der Waals surface area contributed by atoms with Crippen molar-refractivity contribution in [3.63, 3.8) is 0 Å². The van der Waals surface area contributed by atoms with Crippen LogP contribution >= 0.6 is 23.4 Å². The molecule has 0 aromatic heterocycles. The van der Waals surface area contributed by atoms with Crippen molar-refractivity contribution >= 4 is 35.0 Å². The normalized spacial score (nSPS) is 26.2. The molecule has 1 aromatic carbocycles. The lowest BCUT2D eigenvalue weighted by Gasteiger charge is -2.29. The van der Waals surface area contributed by atoms with Gasteiger partial charge >= 0.3 is 5.97 Å². The Morgan fingerprint density at radius 3 is 2.89 bits per heavy atom. The summed E-state index contributed by atoms with van der Waals surface area (Å²) in [7, 11) is 0. The molecule has 0 amide bonds. The van der Waals surface area contributed by atoms with E-state index in [9.17, 15) is 4.79 Å². The molecule has 2 atom stereocenters. The van der Waals surface area contributed by atoms with Gasteiger partial charge in [-0.05, 0) is 25.5 Å². The third kappa shape index (κ3) is 3.18. The summed E-state index contributed by atoms with van der Waals surface area (Å²) in [6, 6.07) is 7.47. The highest BCUT2D eigenvalue weighted by Gasteiger charge is 2.46. The fourth-order valence-electron chi connectivity index (χ4n) is 2.26. The van der Waals surface area contributed by atoms with E-state index >= 15 is 0 Å². The zero-order valence-corrected chi connectivity index (χ0v) is 12.7. The van der Waals surface area contributed by atoms with E-state index in [1.165, 1.54) is 0 Å². The number of ether oxygens (including phenoxy) is 1. The molecule has 1 aliphatic rings. The predicted molar refractivity (Wildman–Crippen MR) is 81.0 cm³/mol. The van der Waals surface area contributed by atoms with Crippen LogP contribution in [0.5, 0.6) is 0 Å². The number of hydrogen-bond donors (Lipinski definition) is 1. The average molecular weight is 300 g/mol. The molecule has 5 heteroatoms. The minimum absolute atomic E-state index is 0.188. The highest BCUT2D eigenvalue weighted by molar-refractivity contribution is 8.00. The number of halogens is 1. The standard InChI is InChI=1S/C14H18ClNO2S/c1-3-18-13(17)14(8-10(2)19-9-14)16-12-7-5-4-6-11(12)15/h4-7,10,16H,3,8-9H2,1-2H3. The van der Waals surface area contributed by atoms with Gasteiger partial charge < -0.3 is 10.1 Å².